The van der Waals surface area contributed by atoms with E-state index < -0.39 is 23.8 Å². The number of carboxylic acid groups (broad SMARTS) is 1. The number of aliphatic carboxylic acids is 1. The third-order valence-electron chi connectivity index (χ3n) is 6.34. The summed E-state index contributed by atoms with van der Waals surface area (Å²) in [5, 5.41) is 13.0. The molecule has 3 aliphatic carbocycles. The van der Waals surface area contributed by atoms with Crippen molar-refractivity contribution in [3.63, 3.8) is 0 Å². The second-order valence-corrected chi connectivity index (χ2v) is 9.05. The number of esters is 1. The Morgan fingerprint density at radius 1 is 1.07 bits per heavy atom. The number of carbonyl (C=O) groups is 3. The number of ether oxygens (including phenoxy) is 1. The van der Waals surface area contributed by atoms with E-state index in [1.165, 1.54) is 24.9 Å². The molecule has 0 unspecified atom stereocenters. The van der Waals surface area contributed by atoms with Crippen molar-refractivity contribution in [1.29, 1.82) is 0 Å². The summed E-state index contributed by atoms with van der Waals surface area (Å²) < 4.78 is 5.00. The number of allylic oxidation sites excluding steroid dienone is 2. The molecule has 0 aliphatic heterocycles. The van der Waals surface area contributed by atoms with Gasteiger partial charge in [0.15, 0.2) is 0 Å². The van der Waals surface area contributed by atoms with Crippen molar-refractivity contribution >= 4 is 34.2 Å². The number of hydrogen-bond donors (Lipinski definition) is 2. The summed E-state index contributed by atoms with van der Waals surface area (Å²) in [6, 6.07) is 0. The maximum Gasteiger partial charge on any atom is 0.341 e. The summed E-state index contributed by atoms with van der Waals surface area (Å²) in [6.45, 7) is 0. The van der Waals surface area contributed by atoms with Gasteiger partial charge in [0.1, 0.15) is 5.00 Å². The molecule has 0 radical (unpaired) electrons. The second kappa shape index (κ2) is 7.70. The van der Waals surface area contributed by atoms with Crippen LogP contribution in [0.25, 0.3) is 0 Å². The smallest absolute Gasteiger partial charge is 0.341 e. The van der Waals surface area contributed by atoms with Crippen LogP contribution in [0.2, 0.25) is 0 Å². The Morgan fingerprint density at radius 3 is 2.43 bits per heavy atom. The zero-order valence-corrected chi connectivity index (χ0v) is 16.7. The molecular formula is C21H25NO5S. The predicted octanol–water partition coefficient (Wildman–Crippen LogP) is 3.66. The number of thiophene rings is 1. The molecule has 3 aliphatic rings. The van der Waals surface area contributed by atoms with Crippen LogP contribution in [0.5, 0.6) is 0 Å². The number of methoxy groups -OCH3 is 1. The fraction of sp³-hybridized carbons (Fsp3) is 0.571. The Morgan fingerprint density at radius 2 is 1.75 bits per heavy atom. The lowest BCUT2D eigenvalue weighted by atomic mass is 9.82. The van der Waals surface area contributed by atoms with Gasteiger partial charge in [-0.15, -0.1) is 11.3 Å². The van der Waals surface area contributed by atoms with E-state index in [-0.39, 0.29) is 17.7 Å². The highest BCUT2D eigenvalue weighted by Crippen LogP contribution is 2.49. The van der Waals surface area contributed by atoms with Crippen molar-refractivity contribution in [2.45, 2.75) is 44.9 Å². The van der Waals surface area contributed by atoms with Gasteiger partial charge in [-0.3, -0.25) is 9.59 Å². The minimum Gasteiger partial charge on any atom is -0.481 e. The molecule has 1 fully saturated rings. The summed E-state index contributed by atoms with van der Waals surface area (Å²) in [5.74, 6) is -3.08. The van der Waals surface area contributed by atoms with Crippen molar-refractivity contribution in [2.24, 2.45) is 23.7 Å². The molecule has 2 bridgehead atoms. The molecule has 0 saturated heterocycles. The van der Waals surface area contributed by atoms with Crippen molar-refractivity contribution in [3.8, 4) is 0 Å². The fourth-order valence-electron chi connectivity index (χ4n) is 5.04. The zero-order valence-electron chi connectivity index (χ0n) is 15.9. The number of nitrogens with one attached hydrogen (secondary N) is 1. The molecule has 6 nitrogen and oxygen atoms in total. The van der Waals surface area contributed by atoms with Crippen LogP contribution in [-0.4, -0.2) is 30.1 Å². The molecule has 1 heterocycles. The first-order valence-electron chi connectivity index (χ1n) is 9.96. The van der Waals surface area contributed by atoms with Crippen LogP contribution >= 0.6 is 11.3 Å². The normalized spacial score (nSPS) is 28.3. The van der Waals surface area contributed by atoms with Gasteiger partial charge in [0, 0.05) is 4.88 Å². The largest absolute Gasteiger partial charge is 0.481 e. The number of carbonyl (C=O) groups excluding carboxylic acids is 2. The first kappa shape index (κ1) is 19.2. The SMILES string of the molecule is COC(=O)c1c(NC(=O)[C@@H]2[C@@H](C(=O)O)[C@H]3C=C[C@@H]2C3)sc2c1CCCCCC2. The molecule has 7 heteroatoms. The number of anilines is 1. The van der Waals surface area contributed by atoms with Crippen molar-refractivity contribution in [2.75, 3.05) is 12.4 Å². The van der Waals surface area contributed by atoms with E-state index in [1.54, 1.807) is 0 Å². The van der Waals surface area contributed by atoms with E-state index in [2.05, 4.69) is 5.32 Å². The van der Waals surface area contributed by atoms with Gasteiger partial charge < -0.3 is 15.2 Å². The highest BCUT2D eigenvalue weighted by atomic mass is 32.1. The molecule has 1 amide bonds. The third kappa shape index (κ3) is 3.26. The number of hydrogen-bond acceptors (Lipinski definition) is 5. The van der Waals surface area contributed by atoms with Crippen LogP contribution < -0.4 is 5.32 Å². The number of carboxylic acids is 1. The first-order chi connectivity index (χ1) is 13.5. The maximum atomic E-state index is 13.1. The number of fused-ring (bicyclic) bond motifs is 3. The van der Waals surface area contributed by atoms with Gasteiger partial charge in [0.2, 0.25) is 5.91 Å². The van der Waals surface area contributed by atoms with Crippen LogP contribution in [0, 0.1) is 23.7 Å². The minimum atomic E-state index is -0.927. The molecule has 1 saturated carbocycles. The lowest BCUT2D eigenvalue weighted by molar-refractivity contribution is -0.146. The Bertz CT molecular complexity index is 842. The Hall–Kier alpha value is -2.15. The highest BCUT2D eigenvalue weighted by molar-refractivity contribution is 7.17. The maximum absolute atomic E-state index is 13.1. The number of aryl methyl sites for hydroxylation is 1. The van der Waals surface area contributed by atoms with Crippen LogP contribution in [-0.2, 0) is 27.2 Å². The lowest BCUT2D eigenvalue weighted by Crippen LogP contribution is -2.36. The van der Waals surface area contributed by atoms with E-state index in [4.69, 9.17) is 4.74 Å². The van der Waals surface area contributed by atoms with Gasteiger partial charge >= 0.3 is 11.9 Å². The molecular weight excluding hydrogens is 378 g/mol. The Balaban J connectivity index is 1.64. The molecule has 4 atom stereocenters. The summed E-state index contributed by atoms with van der Waals surface area (Å²) in [4.78, 5) is 38.4. The van der Waals surface area contributed by atoms with E-state index in [0.717, 1.165) is 42.5 Å². The first-order valence-corrected chi connectivity index (χ1v) is 10.8. The summed E-state index contributed by atoms with van der Waals surface area (Å²) in [6.07, 6.45) is 10.7. The van der Waals surface area contributed by atoms with Gasteiger partial charge in [-0.2, -0.15) is 0 Å². The van der Waals surface area contributed by atoms with Crippen molar-refractivity contribution in [1.82, 2.24) is 0 Å². The standard InChI is InChI=1S/C21H25NO5S/c1-27-21(26)17-13-6-4-2-3-5-7-14(13)28-19(17)22-18(23)15-11-8-9-12(10-11)16(15)20(24)25/h8-9,11-12,15-16H,2-7,10H2,1H3,(H,22,23)(H,24,25)/t11-,12+,15+,16+/m1/s1. The van der Waals surface area contributed by atoms with E-state index >= 15 is 0 Å². The molecule has 28 heavy (non-hydrogen) atoms. The Labute approximate surface area is 168 Å². The van der Waals surface area contributed by atoms with E-state index in [1.807, 2.05) is 12.2 Å². The highest BCUT2D eigenvalue weighted by Gasteiger charge is 2.51. The van der Waals surface area contributed by atoms with Crippen molar-refractivity contribution in [3.05, 3.63) is 28.2 Å². The Kier molecular flexibility index (Phi) is 5.27. The van der Waals surface area contributed by atoms with Gasteiger partial charge in [0.05, 0.1) is 24.5 Å². The van der Waals surface area contributed by atoms with Crippen molar-refractivity contribution < 1.29 is 24.2 Å². The van der Waals surface area contributed by atoms with E-state index in [0.29, 0.717) is 17.0 Å². The molecule has 1 aromatic rings. The molecule has 1 aromatic heterocycles. The number of rotatable bonds is 4. The van der Waals surface area contributed by atoms with Gasteiger partial charge in [-0.25, -0.2) is 4.79 Å². The van der Waals surface area contributed by atoms with Gasteiger partial charge in [-0.1, -0.05) is 25.0 Å². The topological polar surface area (TPSA) is 92.7 Å². The van der Waals surface area contributed by atoms with Crippen LogP contribution in [0.4, 0.5) is 5.00 Å². The quantitative estimate of drug-likeness (QED) is 0.591. The minimum absolute atomic E-state index is 0.0475. The lowest BCUT2D eigenvalue weighted by Gasteiger charge is -2.23. The van der Waals surface area contributed by atoms with Crippen LogP contribution in [0.1, 0.15) is 52.9 Å². The molecule has 2 N–H and O–H groups in total. The second-order valence-electron chi connectivity index (χ2n) is 7.94. The van der Waals surface area contributed by atoms with Crippen LogP contribution in [0.3, 0.4) is 0 Å². The fourth-order valence-corrected chi connectivity index (χ4v) is 6.32. The number of amides is 1. The summed E-state index contributed by atoms with van der Waals surface area (Å²) >= 11 is 1.45. The predicted molar refractivity (Wildman–Crippen MR) is 106 cm³/mol. The molecule has 150 valence electrons. The monoisotopic (exact) mass is 403 g/mol. The molecule has 0 spiro atoms. The molecule has 0 aromatic carbocycles. The third-order valence-corrected chi connectivity index (χ3v) is 7.55. The van der Waals surface area contributed by atoms with Gasteiger partial charge in [0.25, 0.3) is 0 Å². The average Bonchev–Trinajstić information content (AvgIpc) is 3.34. The molecule has 4 rings (SSSR count). The summed E-state index contributed by atoms with van der Waals surface area (Å²) in [5.41, 5.74) is 1.46. The summed E-state index contributed by atoms with van der Waals surface area (Å²) in [7, 11) is 1.35. The van der Waals surface area contributed by atoms with Crippen LogP contribution in [0.15, 0.2) is 12.2 Å². The average molecular weight is 404 g/mol. The van der Waals surface area contributed by atoms with Gasteiger partial charge in [-0.05, 0) is 49.5 Å². The zero-order chi connectivity index (χ0) is 19.8. The van der Waals surface area contributed by atoms with E-state index in [9.17, 15) is 19.5 Å².